The molecule has 0 bridgehead atoms. The number of benzene rings is 2. The summed E-state index contributed by atoms with van der Waals surface area (Å²) in [4.78, 5) is 19.1. The van der Waals surface area contributed by atoms with Gasteiger partial charge in [-0.15, -0.1) is 0 Å². The van der Waals surface area contributed by atoms with Gasteiger partial charge in [-0.2, -0.15) is 0 Å². The van der Waals surface area contributed by atoms with E-state index in [9.17, 15) is 10.1 Å². The van der Waals surface area contributed by atoms with Gasteiger partial charge in [0.15, 0.2) is 0 Å². The van der Waals surface area contributed by atoms with Crippen molar-refractivity contribution in [2.24, 2.45) is 0 Å². The highest BCUT2D eigenvalue weighted by atomic mass is 79.9. The lowest BCUT2D eigenvalue weighted by Gasteiger charge is -2.12. The second-order valence-corrected chi connectivity index (χ2v) is 6.63. The number of hydrogen-bond donors (Lipinski definition) is 2. The van der Waals surface area contributed by atoms with Crippen LogP contribution in [0, 0.1) is 10.1 Å². The van der Waals surface area contributed by atoms with Crippen molar-refractivity contribution in [2.45, 2.75) is 0 Å². The standard InChI is InChI=1S/C17H13BrClN5O3/c1-27-14-7-4-11(19)8-13(14)23-17-15(24(25)26)16(20-9-21-17)22-12-5-2-10(18)3-6-12/h2-9H,1H3,(H2,20,21,22,23). The minimum atomic E-state index is -0.555. The third-order valence-corrected chi connectivity index (χ3v) is 4.29. The maximum absolute atomic E-state index is 11.7. The molecule has 0 aliphatic heterocycles. The van der Waals surface area contributed by atoms with E-state index in [-0.39, 0.29) is 17.3 Å². The van der Waals surface area contributed by atoms with Gasteiger partial charge in [-0.3, -0.25) is 10.1 Å². The molecule has 3 aromatic rings. The van der Waals surface area contributed by atoms with Crippen LogP contribution in [0.3, 0.4) is 0 Å². The second-order valence-electron chi connectivity index (χ2n) is 5.28. The molecule has 10 heteroatoms. The van der Waals surface area contributed by atoms with Crippen molar-refractivity contribution in [2.75, 3.05) is 17.7 Å². The molecule has 0 fully saturated rings. The topological polar surface area (TPSA) is 102 Å². The van der Waals surface area contributed by atoms with Crippen LogP contribution in [-0.2, 0) is 0 Å². The summed E-state index contributed by atoms with van der Waals surface area (Å²) in [6.07, 6.45) is 1.23. The Morgan fingerprint density at radius 1 is 1.11 bits per heavy atom. The molecule has 2 aromatic carbocycles. The number of nitro groups is 1. The normalized spacial score (nSPS) is 10.3. The largest absolute Gasteiger partial charge is 0.495 e. The van der Waals surface area contributed by atoms with Gasteiger partial charge in [0.2, 0.25) is 11.6 Å². The van der Waals surface area contributed by atoms with Crippen molar-refractivity contribution in [3.8, 4) is 5.75 Å². The minimum absolute atomic E-state index is 0.00942. The van der Waals surface area contributed by atoms with Crippen molar-refractivity contribution < 1.29 is 9.66 Å². The number of ether oxygens (including phenoxy) is 1. The minimum Gasteiger partial charge on any atom is -0.495 e. The summed E-state index contributed by atoms with van der Waals surface area (Å²) < 4.78 is 6.14. The van der Waals surface area contributed by atoms with Crippen LogP contribution >= 0.6 is 27.5 Å². The fraction of sp³-hybridized carbons (Fsp3) is 0.0588. The summed E-state index contributed by atoms with van der Waals surface area (Å²) in [5, 5.41) is 18.0. The first-order chi connectivity index (χ1) is 13.0. The Labute approximate surface area is 167 Å². The molecular weight excluding hydrogens is 438 g/mol. The van der Waals surface area contributed by atoms with Gasteiger partial charge in [0, 0.05) is 15.2 Å². The summed E-state index contributed by atoms with van der Waals surface area (Å²) >= 11 is 9.36. The van der Waals surface area contributed by atoms with Crippen molar-refractivity contribution in [3.05, 3.63) is 68.4 Å². The van der Waals surface area contributed by atoms with Crippen molar-refractivity contribution >= 4 is 56.2 Å². The van der Waals surface area contributed by atoms with E-state index in [2.05, 4.69) is 36.5 Å². The molecule has 0 spiro atoms. The Kier molecular flexibility index (Phi) is 5.72. The molecule has 0 atom stereocenters. The molecule has 2 N–H and O–H groups in total. The van der Waals surface area contributed by atoms with Gasteiger partial charge in [0.1, 0.15) is 12.1 Å². The summed E-state index contributed by atoms with van der Waals surface area (Å²) in [5.74, 6) is 0.533. The predicted molar refractivity (Wildman–Crippen MR) is 107 cm³/mol. The first kappa shape index (κ1) is 18.9. The van der Waals surface area contributed by atoms with Gasteiger partial charge in [-0.05, 0) is 42.5 Å². The maximum atomic E-state index is 11.7. The van der Waals surface area contributed by atoms with Crippen LogP contribution in [0.5, 0.6) is 5.75 Å². The highest BCUT2D eigenvalue weighted by Gasteiger charge is 2.24. The van der Waals surface area contributed by atoms with Gasteiger partial charge in [-0.1, -0.05) is 27.5 Å². The molecule has 0 amide bonds. The Morgan fingerprint density at radius 3 is 2.41 bits per heavy atom. The van der Waals surface area contributed by atoms with Crippen LogP contribution < -0.4 is 15.4 Å². The Hall–Kier alpha value is -2.91. The first-order valence-corrected chi connectivity index (χ1v) is 8.77. The fourth-order valence-electron chi connectivity index (χ4n) is 2.31. The third-order valence-electron chi connectivity index (χ3n) is 3.53. The molecule has 0 aliphatic carbocycles. The Bertz CT molecular complexity index is 985. The van der Waals surface area contributed by atoms with Crippen molar-refractivity contribution in [3.63, 3.8) is 0 Å². The summed E-state index contributed by atoms with van der Waals surface area (Å²) in [7, 11) is 1.49. The average Bonchev–Trinajstić information content (AvgIpc) is 2.64. The van der Waals surface area contributed by atoms with Crippen molar-refractivity contribution in [1.29, 1.82) is 0 Å². The molecule has 0 radical (unpaired) electrons. The number of halogens is 2. The number of methoxy groups -OCH3 is 1. The lowest BCUT2D eigenvalue weighted by molar-refractivity contribution is -0.383. The van der Waals surface area contributed by atoms with E-state index in [1.54, 1.807) is 30.3 Å². The van der Waals surface area contributed by atoms with Gasteiger partial charge < -0.3 is 15.4 Å². The van der Waals surface area contributed by atoms with Gasteiger partial charge in [0.25, 0.3) is 0 Å². The number of anilines is 4. The fourth-order valence-corrected chi connectivity index (χ4v) is 2.75. The van der Waals surface area contributed by atoms with E-state index in [4.69, 9.17) is 16.3 Å². The van der Waals surface area contributed by atoms with E-state index >= 15 is 0 Å². The zero-order valence-corrected chi connectivity index (χ0v) is 16.3. The lowest BCUT2D eigenvalue weighted by atomic mass is 10.2. The van der Waals surface area contributed by atoms with Crippen LogP contribution in [0.1, 0.15) is 0 Å². The number of hydrogen-bond acceptors (Lipinski definition) is 7. The molecule has 1 aromatic heterocycles. The molecule has 0 unspecified atom stereocenters. The Balaban J connectivity index is 2.00. The predicted octanol–water partition coefficient (Wildman–Crippen LogP) is 5.30. The quantitative estimate of drug-likeness (QED) is 0.388. The highest BCUT2D eigenvalue weighted by Crippen LogP contribution is 2.36. The zero-order chi connectivity index (χ0) is 19.4. The SMILES string of the molecule is COc1ccc(Cl)cc1Nc1ncnc(Nc2ccc(Br)cc2)c1[N+](=O)[O-]. The third kappa shape index (κ3) is 4.44. The molecule has 0 saturated carbocycles. The number of rotatable bonds is 6. The number of aromatic nitrogens is 2. The van der Waals surface area contributed by atoms with E-state index in [1.807, 2.05) is 12.1 Å². The van der Waals surface area contributed by atoms with Crippen LogP contribution in [0.15, 0.2) is 53.3 Å². The van der Waals surface area contributed by atoms with Gasteiger partial charge in [-0.25, -0.2) is 9.97 Å². The Morgan fingerprint density at radius 2 is 1.78 bits per heavy atom. The van der Waals surface area contributed by atoms with E-state index < -0.39 is 4.92 Å². The van der Waals surface area contributed by atoms with E-state index in [1.165, 1.54) is 13.4 Å². The average molecular weight is 451 g/mol. The van der Waals surface area contributed by atoms with Gasteiger partial charge >= 0.3 is 5.69 Å². The molecule has 1 heterocycles. The monoisotopic (exact) mass is 449 g/mol. The lowest BCUT2D eigenvalue weighted by Crippen LogP contribution is -2.06. The summed E-state index contributed by atoms with van der Waals surface area (Å²) in [5.41, 5.74) is 0.787. The number of nitrogens with zero attached hydrogens (tertiary/aromatic N) is 3. The first-order valence-electron chi connectivity index (χ1n) is 7.60. The van der Waals surface area contributed by atoms with Crippen LogP contribution in [-0.4, -0.2) is 22.0 Å². The number of nitrogens with one attached hydrogen (secondary N) is 2. The second kappa shape index (κ2) is 8.19. The van der Waals surface area contributed by atoms with Crippen molar-refractivity contribution in [1.82, 2.24) is 9.97 Å². The van der Waals surface area contributed by atoms with Gasteiger partial charge in [0.05, 0.1) is 17.7 Å². The molecule has 138 valence electrons. The molecular formula is C17H13BrClN5O3. The molecule has 0 saturated heterocycles. The smallest absolute Gasteiger partial charge is 0.353 e. The molecule has 27 heavy (non-hydrogen) atoms. The summed E-state index contributed by atoms with van der Waals surface area (Å²) in [6, 6.07) is 12.1. The molecule has 3 rings (SSSR count). The highest BCUT2D eigenvalue weighted by molar-refractivity contribution is 9.10. The van der Waals surface area contributed by atoms with Crippen LogP contribution in [0.25, 0.3) is 0 Å². The van der Waals surface area contributed by atoms with Crippen LogP contribution in [0.2, 0.25) is 5.02 Å². The molecule has 8 nitrogen and oxygen atoms in total. The van der Waals surface area contributed by atoms with E-state index in [0.717, 1.165) is 4.47 Å². The zero-order valence-electron chi connectivity index (χ0n) is 13.9. The summed E-state index contributed by atoms with van der Waals surface area (Å²) in [6.45, 7) is 0. The maximum Gasteiger partial charge on any atom is 0.353 e. The van der Waals surface area contributed by atoms with Crippen LogP contribution in [0.4, 0.5) is 28.7 Å². The van der Waals surface area contributed by atoms with E-state index in [0.29, 0.717) is 22.1 Å². The molecule has 0 aliphatic rings.